The molecule has 0 atom stereocenters. The lowest BCUT2D eigenvalue weighted by Crippen LogP contribution is -2.13. The van der Waals surface area contributed by atoms with Crippen molar-refractivity contribution in [2.75, 3.05) is 12.4 Å². The van der Waals surface area contributed by atoms with E-state index in [9.17, 15) is 17.6 Å². The molecule has 2 nitrogen and oxygen atoms in total. The van der Waals surface area contributed by atoms with Gasteiger partial charge in [0.1, 0.15) is 18.2 Å². The summed E-state index contributed by atoms with van der Waals surface area (Å²) in [4.78, 5) is 0. The fraction of sp³-hybridized carbons (Fsp3) is 0.294. The van der Waals surface area contributed by atoms with Crippen molar-refractivity contribution in [3.63, 3.8) is 0 Å². The van der Waals surface area contributed by atoms with Crippen LogP contribution in [0.25, 0.3) is 0 Å². The normalized spacial score (nSPS) is 11.4. The van der Waals surface area contributed by atoms with Crippen LogP contribution in [-0.4, -0.2) is 7.05 Å². The Balaban J connectivity index is 2.35. The molecule has 0 unspecified atom stereocenters. The number of ether oxygens (including phenoxy) is 1. The molecule has 0 saturated heterocycles. The third-order valence-electron chi connectivity index (χ3n) is 3.58. The molecule has 0 aliphatic heterocycles. The van der Waals surface area contributed by atoms with Gasteiger partial charge in [-0.3, -0.25) is 0 Å². The Hall–Kier alpha value is -2.24. The van der Waals surface area contributed by atoms with Crippen molar-refractivity contribution < 1.29 is 22.3 Å². The first-order valence-electron chi connectivity index (χ1n) is 7.00. The molecular formula is C17H17F4NO. The van der Waals surface area contributed by atoms with Gasteiger partial charge >= 0.3 is 6.18 Å². The molecule has 6 heteroatoms. The van der Waals surface area contributed by atoms with E-state index >= 15 is 0 Å². The average molecular weight is 327 g/mol. The number of hydrogen-bond donors (Lipinski definition) is 1. The Morgan fingerprint density at radius 3 is 2.39 bits per heavy atom. The van der Waals surface area contributed by atoms with Gasteiger partial charge in [-0.05, 0) is 49.2 Å². The smallest absolute Gasteiger partial charge is 0.416 e. The maximum absolute atomic E-state index is 13.4. The summed E-state index contributed by atoms with van der Waals surface area (Å²) in [6, 6.07) is 6.70. The minimum absolute atomic E-state index is 0.0175. The molecule has 0 aliphatic carbocycles. The fourth-order valence-corrected chi connectivity index (χ4v) is 2.30. The summed E-state index contributed by atoms with van der Waals surface area (Å²) in [5, 5.41) is 2.74. The minimum atomic E-state index is -4.47. The lowest BCUT2D eigenvalue weighted by Gasteiger charge is -2.18. The van der Waals surface area contributed by atoms with Crippen LogP contribution in [0, 0.1) is 19.7 Å². The third kappa shape index (κ3) is 3.75. The lowest BCUT2D eigenvalue weighted by atomic mass is 10.1. The van der Waals surface area contributed by atoms with Gasteiger partial charge in [0.2, 0.25) is 0 Å². The highest BCUT2D eigenvalue weighted by Crippen LogP contribution is 2.36. The summed E-state index contributed by atoms with van der Waals surface area (Å²) in [6.45, 7) is 2.95. The van der Waals surface area contributed by atoms with Crippen LogP contribution in [0.3, 0.4) is 0 Å². The molecule has 0 aromatic heterocycles. The Morgan fingerprint density at radius 1 is 1.09 bits per heavy atom. The molecule has 0 radical (unpaired) electrons. The van der Waals surface area contributed by atoms with E-state index in [2.05, 4.69) is 5.32 Å². The second kappa shape index (κ2) is 6.48. The molecule has 0 fully saturated rings. The highest BCUT2D eigenvalue weighted by atomic mass is 19.4. The zero-order chi connectivity index (χ0) is 17.2. The minimum Gasteiger partial charge on any atom is -0.489 e. The number of halogens is 4. The van der Waals surface area contributed by atoms with Gasteiger partial charge in [0, 0.05) is 18.3 Å². The lowest BCUT2D eigenvalue weighted by molar-refractivity contribution is -0.138. The van der Waals surface area contributed by atoms with Crippen molar-refractivity contribution >= 4 is 5.69 Å². The molecule has 0 bridgehead atoms. The van der Waals surface area contributed by atoms with Crippen molar-refractivity contribution in [3.05, 3.63) is 58.4 Å². The van der Waals surface area contributed by atoms with Crippen molar-refractivity contribution in [2.24, 2.45) is 0 Å². The first kappa shape index (κ1) is 17.1. The zero-order valence-corrected chi connectivity index (χ0v) is 13.0. The van der Waals surface area contributed by atoms with Gasteiger partial charge in [0.15, 0.2) is 0 Å². The predicted octanol–water partition coefficient (Wildman–Crippen LogP) is 5.08. The van der Waals surface area contributed by atoms with E-state index in [0.717, 1.165) is 6.07 Å². The van der Waals surface area contributed by atoms with Gasteiger partial charge in [-0.15, -0.1) is 0 Å². The Bertz CT molecular complexity index is 710. The topological polar surface area (TPSA) is 21.3 Å². The molecule has 0 spiro atoms. The Labute approximate surface area is 132 Å². The van der Waals surface area contributed by atoms with E-state index < -0.39 is 11.7 Å². The summed E-state index contributed by atoms with van der Waals surface area (Å²) in [5.41, 5.74) is 0.521. The maximum Gasteiger partial charge on any atom is 0.416 e. The number of anilines is 1. The van der Waals surface area contributed by atoms with E-state index in [-0.39, 0.29) is 18.0 Å². The second-order valence-electron chi connectivity index (χ2n) is 5.24. The molecule has 23 heavy (non-hydrogen) atoms. The van der Waals surface area contributed by atoms with Crippen LogP contribution in [0.4, 0.5) is 23.2 Å². The maximum atomic E-state index is 13.4. The van der Waals surface area contributed by atoms with Gasteiger partial charge < -0.3 is 10.1 Å². The van der Waals surface area contributed by atoms with E-state index in [0.29, 0.717) is 22.6 Å². The van der Waals surface area contributed by atoms with E-state index in [1.165, 1.54) is 18.2 Å². The van der Waals surface area contributed by atoms with Crippen LogP contribution in [-0.2, 0) is 12.8 Å². The van der Waals surface area contributed by atoms with E-state index in [1.807, 2.05) is 0 Å². The van der Waals surface area contributed by atoms with Crippen molar-refractivity contribution in [1.82, 2.24) is 0 Å². The molecule has 0 aliphatic rings. The SMILES string of the molecule is CNc1cccc(C(F)(F)F)c1COc1cc(C)c(F)cc1C. The largest absolute Gasteiger partial charge is 0.489 e. The number of rotatable bonds is 4. The zero-order valence-electron chi connectivity index (χ0n) is 13.0. The van der Waals surface area contributed by atoms with Crippen LogP contribution in [0.1, 0.15) is 22.3 Å². The molecule has 0 saturated carbocycles. The van der Waals surface area contributed by atoms with E-state index in [1.54, 1.807) is 27.0 Å². The number of hydrogen-bond acceptors (Lipinski definition) is 2. The summed E-state index contributed by atoms with van der Waals surface area (Å²) in [6.07, 6.45) is -4.47. The van der Waals surface area contributed by atoms with Gasteiger partial charge in [0.05, 0.1) is 5.56 Å². The second-order valence-corrected chi connectivity index (χ2v) is 5.24. The molecule has 0 amide bonds. The highest BCUT2D eigenvalue weighted by molar-refractivity contribution is 5.55. The van der Waals surface area contributed by atoms with Crippen LogP contribution in [0.2, 0.25) is 0 Å². The van der Waals surface area contributed by atoms with Gasteiger partial charge in [-0.2, -0.15) is 13.2 Å². The summed E-state index contributed by atoms with van der Waals surface area (Å²) < 4.78 is 58.4. The van der Waals surface area contributed by atoms with Crippen molar-refractivity contribution in [3.8, 4) is 5.75 Å². The monoisotopic (exact) mass is 327 g/mol. The summed E-state index contributed by atoms with van der Waals surface area (Å²) in [5.74, 6) is -0.00983. The van der Waals surface area contributed by atoms with Crippen LogP contribution < -0.4 is 10.1 Å². The highest BCUT2D eigenvalue weighted by Gasteiger charge is 2.34. The van der Waals surface area contributed by atoms with Gasteiger partial charge in [-0.25, -0.2) is 4.39 Å². The van der Waals surface area contributed by atoms with Crippen LogP contribution >= 0.6 is 0 Å². The van der Waals surface area contributed by atoms with Gasteiger partial charge in [0.25, 0.3) is 0 Å². The quantitative estimate of drug-likeness (QED) is 0.791. The molecule has 0 heterocycles. The van der Waals surface area contributed by atoms with Gasteiger partial charge in [-0.1, -0.05) is 6.07 Å². The summed E-state index contributed by atoms with van der Waals surface area (Å²) in [7, 11) is 1.55. The first-order chi connectivity index (χ1) is 10.7. The molecule has 1 N–H and O–H groups in total. The Kier molecular flexibility index (Phi) is 4.82. The number of benzene rings is 2. The predicted molar refractivity (Wildman–Crippen MR) is 81.2 cm³/mol. The van der Waals surface area contributed by atoms with E-state index in [4.69, 9.17) is 4.74 Å². The summed E-state index contributed by atoms with van der Waals surface area (Å²) >= 11 is 0. The van der Waals surface area contributed by atoms with Crippen molar-refractivity contribution in [1.29, 1.82) is 0 Å². The molecule has 2 aromatic carbocycles. The Morgan fingerprint density at radius 2 is 1.78 bits per heavy atom. The standard InChI is InChI=1S/C17H17F4NO/c1-10-8-16(11(2)7-14(10)18)23-9-12-13(17(19,20)21)5-4-6-15(12)22-3/h4-8,22H,9H2,1-3H3. The van der Waals surface area contributed by atoms with Crippen LogP contribution in [0.5, 0.6) is 5.75 Å². The first-order valence-corrected chi connectivity index (χ1v) is 7.00. The number of nitrogens with one attached hydrogen (secondary N) is 1. The number of alkyl halides is 3. The molecular weight excluding hydrogens is 310 g/mol. The number of aryl methyl sites for hydroxylation is 2. The molecule has 2 aromatic rings. The molecule has 2 rings (SSSR count). The average Bonchev–Trinajstić information content (AvgIpc) is 2.48. The fourth-order valence-electron chi connectivity index (χ4n) is 2.30. The molecule has 124 valence electrons. The van der Waals surface area contributed by atoms with Crippen LogP contribution in [0.15, 0.2) is 30.3 Å². The van der Waals surface area contributed by atoms with Crippen molar-refractivity contribution in [2.45, 2.75) is 26.6 Å². The third-order valence-corrected chi connectivity index (χ3v) is 3.58.